The highest BCUT2D eigenvalue weighted by atomic mass is 32.1. The topological polar surface area (TPSA) is 41.7 Å². The van der Waals surface area contributed by atoms with Crippen molar-refractivity contribution in [2.24, 2.45) is 9.98 Å². The average molecular weight is 725 g/mol. The second-order valence-electron chi connectivity index (χ2n) is 13.8. The predicted octanol–water partition coefficient (Wildman–Crippen LogP) is 12.6. The van der Waals surface area contributed by atoms with E-state index in [0.717, 1.165) is 28.2 Å². The molecule has 0 saturated heterocycles. The predicted molar refractivity (Wildman–Crippen MR) is 235 cm³/mol. The summed E-state index contributed by atoms with van der Waals surface area (Å²) in [6.07, 6.45) is 0. The fourth-order valence-electron chi connectivity index (χ4n) is 7.82. The smallest absolute Gasteiger partial charge is 0.157 e. The normalized spacial score (nSPS) is 12.4. The van der Waals surface area contributed by atoms with Gasteiger partial charge in [-0.05, 0) is 88.1 Å². The molecule has 0 fully saturated rings. The molecule has 8 aromatic carbocycles. The van der Waals surface area contributed by atoms with Crippen molar-refractivity contribution < 1.29 is 0 Å². The highest BCUT2D eigenvalue weighted by molar-refractivity contribution is 7.25. The molecule has 0 atom stereocenters. The Labute approximate surface area is 323 Å². The molecule has 0 amide bonds. The maximum Gasteiger partial charge on any atom is 0.157 e. The van der Waals surface area contributed by atoms with E-state index in [1.165, 1.54) is 63.9 Å². The van der Waals surface area contributed by atoms with Crippen LogP contribution in [0.2, 0.25) is 0 Å². The minimum Gasteiger partial charge on any atom is -0.373 e. The van der Waals surface area contributed by atoms with E-state index in [-0.39, 0.29) is 0 Å². The first-order chi connectivity index (χ1) is 27.2. The first-order valence-corrected chi connectivity index (χ1v) is 19.4. The van der Waals surface area contributed by atoms with E-state index < -0.39 is 0 Å². The van der Waals surface area contributed by atoms with Crippen LogP contribution in [0.3, 0.4) is 0 Å². The van der Waals surface area contributed by atoms with Gasteiger partial charge in [0.05, 0.1) is 17.6 Å². The van der Waals surface area contributed by atoms with Gasteiger partial charge in [0.2, 0.25) is 0 Å². The van der Waals surface area contributed by atoms with Crippen molar-refractivity contribution in [3.8, 4) is 16.8 Å². The van der Waals surface area contributed by atoms with E-state index >= 15 is 0 Å². The van der Waals surface area contributed by atoms with Gasteiger partial charge in [-0.2, -0.15) is 0 Å². The number of fused-ring (bicyclic) bond motifs is 8. The molecule has 10 aromatic rings. The van der Waals surface area contributed by atoms with Crippen molar-refractivity contribution in [2.45, 2.75) is 6.54 Å². The second-order valence-corrected chi connectivity index (χ2v) is 14.9. The van der Waals surface area contributed by atoms with Crippen LogP contribution >= 0.6 is 11.3 Å². The lowest BCUT2D eigenvalue weighted by Crippen LogP contribution is -2.21. The summed E-state index contributed by atoms with van der Waals surface area (Å²) in [4.78, 5) is 10.2. The van der Waals surface area contributed by atoms with Crippen LogP contribution in [-0.2, 0) is 6.54 Å². The molecule has 1 N–H and O–H groups in total. The molecule has 0 aliphatic heterocycles. The molecule has 5 heteroatoms. The number of nitrogens with one attached hydrogen (secondary N) is 1. The first kappa shape index (κ1) is 32.8. The van der Waals surface area contributed by atoms with Crippen LogP contribution in [0, 0.1) is 0 Å². The highest BCUT2D eigenvalue weighted by Crippen LogP contribution is 2.40. The van der Waals surface area contributed by atoms with Gasteiger partial charge in [-0.1, -0.05) is 121 Å². The lowest BCUT2D eigenvalue weighted by Gasteiger charge is -2.11. The number of aromatic nitrogens is 1. The van der Waals surface area contributed by atoms with Gasteiger partial charge in [0.25, 0.3) is 0 Å². The van der Waals surface area contributed by atoms with Gasteiger partial charge in [-0.15, -0.1) is 11.3 Å². The maximum absolute atomic E-state index is 5.10. The maximum atomic E-state index is 5.10. The summed E-state index contributed by atoms with van der Waals surface area (Å²) < 4.78 is 5.04. The third-order valence-corrected chi connectivity index (χ3v) is 11.7. The Morgan fingerprint density at radius 1 is 0.545 bits per heavy atom. The van der Waals surface area contributed by atoms with Crippen molar-refractivity contribution >= 4 is 75.8 Å². The zero-order valence-corrected chi connectivity index (χ0v) is 31.1. The van der Waals surface area contributed by atoms with Gasteiger partial charge in [0, 0.05) is 54.8 Å². The van der Waals surface area contributed by atoms with Crippen molar-refractivity contribution in [1.82, 2.24) is 9.88 Å². The minimum atomic E-state index is 0.533. The third kappa shape index (κ3) is 5.95. The monoisotopic (exact) mass is 724 g/mol. The van der Waals surface area contributed by atoms with Crippen molar-refractivity contribution in [1.29, 1.82) is 0 Å². The van der Waals surface area contributed by atoms with Crippen molar-refractivity contribution in [2.75, 3.05) is 7.05 Å². The van der Waals surface area contributed by atoms with Crippen LogP contribution in [0.5, 0.6) is 0 Å². The standard InChI is InChI=1S/C50H36N4S/c1-51-49(35-15-6-3-7-16-35)53-50(52-32-33-12-4-2-5-13-33)36-20-25-39(26-21-36)54-44-27-23-37(31-43(44)48-40-17-9-8-14-34(40)22-28-45(48)54)38-24-29-47-42(30-38)41-18-10-11-19-46(41)55-47/h2-31H,32H2,1H3,(H,51,52,53). The molecule has 2 aromatic heterocycles. The van der Waals surface area contributed by atoms with Crippen LogP contribution in [0.15, 0.2) is 192 Å². The Balaban J connectivity index is 1.11. The summed E-state index contributed by atoms with van der Waals surface area (Å²) in [6, 6.07) is 65.0. The molecule has 4 nitrogen and oxygen atoms in total. The first-order valence-electron chi connectivity index (χ1n) is 18.6. The molecule has 0 radical (unpaired) electrons. The van der Waals surface area contributed by atoms with Gasteiger partial charge >= 0.3 is 0 Å². The summed E-state index contributed by atoms with van der Waals surface area (Å²) in [5, 5.41) is 10.9. The summed E-state index contributed by atoms with van der Waals surface area (Å²) in [5.41, 5.74) is 8.96. The molecule has 0 spiro atoms. The third-order valence-electron chi connectivity index (χ3n) is 10.5. The van der Waals surface area contributed by atoms with E-state index in [2.05, 4.69) is 155 Å². The van der Waals surface area contributed by atoms with E-state index in [0.29, 0.717) is 12.4 Å². The molecule has 0 bridgehead atoms. The number of rotatable bonds is 6. The van der Waals surface area contributed by atoms with E-state index in [9.17, 15) is 0 Å². The van der Waals surface area contributed by atoms with Crippen LogP contribution in [0.4, 0.5) is 0 Å². The largest absolute Gasteiger partial charge is 0.373 e. The Bertz CT molecular complexity index is 3080. The van der Waals surface area contributed by atoms with Crippen molar-refractivity contribution in [3.05, 3.63) is 199 Å². The Hall–Kier alpha value is -6.82. The zero-order chi connectivity index (χ0) is 36.7. The van der Waals surface area contributed by atoms with E-state index in [4.69, 9.17) is 9.98 Å². The molecular weight excluding hydrogens is 689 g/mol. The fraction of sp³-hybridized carbons (Fsp3) is 0.0400. The van der Waals surface area contributed by atoms with Crippen LogP contribution in [-0.4, -0.2) is 23.3 Å². The quantitative estimate of drug-likeness (QED) is 0.135. The van der Waals surface area contributed by atoms with Gasteiger partial charge in [0.15, 0.2) is 5.84 Å². The Morgan fingerprint density at radius 3 is 2.00 bits per heavy atom. The molecule has 0 aliphatic rings. The molecule has 0 unspecified atom stereocenters. The number of nitrogens with zero attached hydrogens (tertiary/aromatic N) is 3. The van der Waals surface area contributed by atoms with Gasteiger partial charge < -0.3 is 9.88 Å². The van der Waals surface area contributed by atoms with E-state index in [1.54, 1.807) is 0 Å². The number of aliphatic imine (C=N–C) groups is 2. The second kappa shape index (κ2) is 13.9. The molecule has 0 saturated carbocycles. The molecule has 262 valence electrons. The Kier molecular flexibility index (Phi) is 8.27. The lowest BCUT2D eigenvalue weighted by molar-refractivity contribution is 1.06. The lowest BCUT2D eigenvalue weighted by atomic mass is 9.99. The highest BCUT2D eigenvalue weighted by Gasteiger charge is 2.17. The molecule has 0 aliphatic carbocycles. The number of benzene rings is 8. The van der Waals surface area contributed by atoms with Crippen LogP contribution in [0.25, 0.3) is 69.6 Å². The summed E-state index contributed by atoms with van der Waals surface area (Å²) in [5.74, 6) is 1.45. The summed E-state index contributed by atoms with van der Waals surface area (Å²) >= 11 is 1.86. The average Bonchev–Trinajstić information content (AvgIpc) is 3.80. The van der Waals surface area contributed by atoms with Gasteiger partial charge in [-0.3, -0.25) is 4.99 Å². The zero-order valence-electron chi connectivity index (χ0n) is 30.3. The van der Waals surface area contributed by atoms with Gasteiger partial charge in [0.1, 0.15) is 5.84 Å². The van der Waals surface area contributed by atoms with Crippen molar-refractivity contribution in [3.63, 3.8) is 0 Å². The fourth-order valence-corrected chi connectivity index (χ4v) is 8.91. The minimum absolute atomic E-state index is 0.533. The van der Waals surface area contributed by atoms with Crippen LogP contribution < -0.4 is 5.32 Å². The molecular formula is C50H36N4S. The number of amidine groups is 2. The molecule has 55 heavy (non-hydrogen) atoms. The molecule has 10 rings (SSSR count). The van der Waals surface area contributed by atoms with Gasteiger partial charge in [-0.25, -0.2) is 4.99 Å². The van der Waals surface area contributed by atoms with Crippen LogP contribution in [0.1, 0.15) is 16.7 Å². The van der Waals surface area contributed by atoms with E-state index in [1.807, 2.05) is 54.8 Å². The Morgan fingerprint density at radius 2 is 1.20 bits per heavy atom. The number of hydrogen-bond donors (Lipinski definition) is 1. The number of hydrogen-bond acceptors (Lipinski definition) is 2. The summed E-state index contributed by atoms with van der Waals surface area (Å²) in [6.45, 7) is 0.533. The molecule has 2 heterocycles. The summed E-state index contributed by atoms with van der Waals surface area (Å²) in [7, 11) is 1.91. The number of thiophene rings is 1. The SMILES string of the molecule is CNC(=NC(=NCc1ccccc1)c1ccc(-n2c3ccc(-c4ccc5sc6ccccc6c5c4)cc3c3c4ccccc4ccc32)cc1)c1ccccc1.